The van der Waals surface area contributed by atoms with Gasteiger partial charge in [-0.15, -0.1) is 0 Å². The summed E-state index contributed by atoms with van der Waals surface area (Å²) in [6.45, 7) is 6.71. The van der Waals surface area contributed by atoms with Crippen molar-refractivity contribution in [1.82, 2.24) is 0 Å². The highest BCUT2D eigenvalue weighted by Crippen LogP contribution is 2.74. The van der Waals surface area contributed by atoms with Crippen molar-refractivity contribution in [3.63, 3.8) is 0 Å². The monoisotopic (exact) mass is 182 g/mol. The molecule has 3 heterocycles. The van der Waals surface area contributed by atoms with Crippen molar-refractivity contribution in [3.8, 4) is 0 Å². The van der Waals surface area contributed by atoms with Gasteiger partial charge in [0.15, 0.2) is 5.79 Å². The first-order valence-corrected chi connectivity index (χ1v) is 5.37. The molecule has 0 radical (unpaired) electrons. The lowest BCUT2D eigenvalue weighted by Gasteiger charge is -2.77. The first-order chi connectivity index (χ1) is 5.95. The van der Waals surface area contributed by atoms with E-state index in [0.717, 1.165) is 6.42 Å². The van der Waals surface area contributed by atoms with Gasteiger partial charge in [0.2, 0.25) is 0 Å². The smallest absolute Gasteiger partial charge is 0.172 e. The largest absolute Gasteiger partial charge is 0.365 e. The third-order valence-electron chi connectivity index (χ3n) is 5.12. The van der Waals surface area contributed by atoms with Gasteiger partial charge in [-0.05, 0) is 31.1 Å². The predicted octanol–water partition coefficient (Wildman–Crippen LogP) is 1.92. The molecular weight excluding hydrogens is 164 g/mol. The van der Waals surface area contributed by atoms with Crippen molar-refractivity contribution >= 4 is 0 Å². The maximum absolute atomic E-state index is 10.2. The first kappa shape index (κ1) is 8.25. The van der Waals surface area contributed by atoms with E-state index in [9.17, 15) is 5.11 Å². The quantitative estimate of drug-likeness (QED) is 0.671. The lowest BCUT2D eigenvalue weighted by molar-refractivity contribution is -0.495. The second-order valence-corrected chi connectivity index (χ2v) is 5.64. The summed E-state index contributed by atoms with van der Waals surface area (Å²) < 4.78 is 5.66. The molecule has 0 amide bonds. The Morgan fingerprint density at radius 2 is 2.00 bits per heavy atom. The fourth-order valence-electron chi connectivity index (χ4n) is 4.28. The van der Waals surface area contributed by atoms with Crippen LogP contribution in [-0.2, 0) is 4.74 Å². The van der Waals surface area contributed by atoms with Gasteiger partial charge in [-0.2, -0.15) is 0 Å². The van der Waals surface area contributed by atoms with Gasteiger partial charge in [0, 0.05) is 12.3 Å². The number of rotatable bonds is 1. The van der Waals surface area contributed by atoms with Gasteiger partial charge in [-0.1, -0.05) is 13.8 Å². The minimum Gasteiger partial charge on any atom is -0.365 e. The molecule has 13 heavy (non-hydrogen) atoms. The molecule has 3 saturated carbocycles. The second-order valence-electron chi connectivity index (χ2n) is 5.64. The standard InChI is InChI=1S/C11H18O2/c1-4-9(2)7-5-8(9)11(12)6-10(7,3)13-11/h7-8,12H,4-6H2,1-3H3. The van der Waals surface area contributed by atoms with Gasteiger partial charge < -0.3 is 9.84 Å². The molecule has 0 aromatic heterocycles. The predicted molar refractivity (Wildman–Crippen MR) is 49.1 cm³/mol. The molecule has 0 aromatic rings. The van der Waals surface area contributed by atoms with E-state index in [4.69, 9.17) is 4.74 Å². The number of ether oxygens (including phenoxy) is 1. The highest BCUT2D eigenvalue weighted by atomic mass is 16.7. The number of hydrogen-bond donors (Lipinski definition) is 1. The van der Waals surface area contributed by atoms with E-state index in [1.54, 1.807) is 0 Å². The molecule has 3 saturated heterocycles. The topological polar surface area (TPSA) is 29.5 Å². The van der Waals surface area contributed by atoms with Crippen molar-refractivity contribution in [3.05, 3.63) is 0 Å². The molecule has 3 aliphatic carbocycles. The zero-order chi connectivity index (χ0) is 9.48. The summed E-state index contributed by atoms with van der Waals surface area (Å²) in [5.74, 6) is 0.328. The van der Waals surface area contributed by atoms with Crippen LogP contribution in [0.4, 0.5) is 0 Å². The molecule has 2 heteroatoms. The Kier molecular flexibility index (Phi) is 1.16. The third-order valence-corrected chi connectivity index (χ3v) is 5.12. The Morgan fingerprint density at radius 1 is 1.38 bits per heavy atom. The molecular formula is C11H18O2. The Morgan fingerprint density at radius 3 is 2.38 bits per heavy atom. The Hall–Kier alpha value is -0.0800. The average molecular weight is 182 g/mol. The van der Waals surface area contributed by atoms with Gasteiger partial charge in [0.25, 0.3) is 0 Å². The van der Waals surface area contributed by atoms with Crippen LogP contribution in [0.2, 0.25) is 0 Å². The molecule has 74 valence electrons. The molecule has 4 bridgehead atoms. The second kappa shape index (κ2) is 1.82. The zero-order valence-electron chi connectivity index (χ0n) is 8.63. The number of hydrogen-bond acceptors (Lipinski definition) is 2. The van der Waals surface area contributed by atoms with Crippen LogP contribution in [0.1, 0.15) is 40.0 Å². The molecule has 6 rings (SSSR count). The molecule has 0 aromatic carbocycles. The third kappa shape index (κ3) is 0.637. The summed E-state index contributed by atoms with van der Waals surface area (Å²) in [6.07, 6.45) is 3.21. The zero-order valence-corrected chi connectivity index (χ0v) is 8.63. The molecule has 5 unspecified atom stereocenters. The summed E-state index contributed by atoms with van der Waals surface area (Å²) in [5.41, 5.74) is 0.342. The van der Waals surface area contributed by atoms with Crippen LogP contribution in [0.25, 0.3) is 0 Å². The van der Waals surface area contributed by atoms with Crippen LogP contribution in [0.15, 0.2) is 0 Å². The van der Waals surface area contributed by atoms with E-state index in [0.29, 0.717) is 17.3 Å². The van der Waals surface area contributed by atoms with Crippen LogP contribution in [0.5, 0.6) is 0 Å². The maximum Gasteiger partial charge on any atom is 0.172 e. The fraction of sp³-hybridized carbons (Fsp3) is 1.00. The van der Waals surface area contributed by atoms with Crippen LogP contribution in [0.3, 0.4) is 0 Å². The van der Waals surface area contributed by atoms with E-state index in [1.807, 2.05) is 0 Å². The Bertz CT molecular complexity index is 245. The van der Waals surface area contributed by atoms with Crippen LogP contribution < -0.4 is 0 Å². The van der Waals surface area contributed by atoms with E-state index < -0.39 is 5.79 Å². The van der Waals surface area contributed by atoms with Crippen molar-refractivity contribution < 1.29 is 9.84 Å². The summed E-state index contributed by atoms with van der Waals surface area (Å²) >= 11 is 0. The Balaban J connectivity index is 2.01. The van der Waals surface area contributed by atoms with E-state index in [-0.39, 0.29) is 5.60 Å². The lowest BCUT2D eigenvalue weighted by Crippen LogP contribution is -2.82. The van der Waals surface area contributed by atoms with Crippen molar-refractivity contribution in [2.75, 3.05) is 0 Å². The highest BCUT2D eigenvalue weighted by molar-refractivity contribution is 5.22. The van der Waals surface area contributed by atoms with Crippen molar-refractivity contribution in [1.29, 1.82) is 0 Å². The van der Waals surface area contributed by atoms with E-state index >= 15 is 0 Å². The molecule has 0 spiro atoms. The van der Waals surface area contributed by atoms with Gasteiger partial charge >= 0.3 is 0 Å². The SMILES string of the molecule is CCC1(C)C2CC1C1(O)CC2(C)O1. The van der Waals surface area contributed by atoms with Crippen molar-refractivity contribution in [2.24, 2.45) is 17.3 Å². The van der Waals surface area contributed by atoms with Crippen LogP contribution in [-0.4, -0.2) is 16.5 Å². The van der Waals surface area contributed by atoms with Crippen LogP contribution in [0, 0.1) is 17.3 Å². The Labute approximate surface area is 79.3 Å². The molecule has 5 atom stereocenters. The average Bonchev–Trinajstić information content (AvgIpc) is 1.97. The first-order valence-electron chi connectivity index (χ1n) is 5.37. The normalized spacial score (nSPS) is 68.3. The molecule has 3 aliphatic heterocycles. The highest BCUT2D eigenvalue weighted by Gasteiger charge is 2.78. The molecule has 1 N–H and O–H groups in total. The molecule has 6 aliphatic rings. The molecule has 6 fully saturated rings. The minimum atomic E-state index is -0.756. The fourth-order valence-corrected chi connectivity index (χ4v) is 4.28. The van der Waals surface area contributed by atoms with Gasteiger partial charge in [0.1, 0.15) is 0 Å². The summed E-state index contributed by atoms with van der Waals surface area (Å²) in [6, 6.07) is 0. The number of aliphatic hydroxyl groups is 1. The minimum absolute atomic E-state index is 0.00569. The van der Waals surface area contributed by atoms with Gasteiger partial charge in [0.05, 0.1) is 5.60 Å². The van der Waals surface area contributed by atoms with E-state index in [1.165, 1.54) is 12.8 Å². The van der Waals surface area contributed by atoms with Crippen LogP contribution >= 0.6 is 0 Å². The summed E-state index contributed by atoms with van der Waals surface area (Å²) in [5, 5.41) is 10.2. The summed E-state index contributed by atoms with van der Waals surface area (Å²) in [7, 11) is 0. The lowest BCUT2D eigenvalue weighted by atomic mass is 9.38. The molecule has 2 nitrogen and oxygen atoms in total. The maximum atomic E-state index is 10.2. The summed E-state index contributed by atoms with van der Waals surface area (Å²) in [4.78, 5) is 0. The van der Waals surface area contributed by atoms with Gasteiger partial charge in [-0.25, -0.2) is 0 Å². The van der Waals surface area contributed by atoms with Gasteiger partial charge in [-0.3, -0.25) is 0 Å². The van der Waals surface area contributed by atoms with E-state index in [2.05, 4.69) is 20.8 Å². The van der Waals surface area contributed by atoms with Crippen molar-refractivity contribution in [2.45, 2.75) is 51.4 Å².